The Labute approximate surface area is 132 Å². The molecule has 1 aliphatic rings. The Balaban J connectivity index is 2.28. The second-order valence-electron chi connectivity index (χ2n) is 5.42. The first kappa shape index (κ1) is 17.2. The van der Waals surface area contributed by atoms with E-state index in [4.69, 9.17) is 0 Å². The molecule has 6 nitrogen and oxygen atoms in total. The van der Waals surface area contributed by atoms with Crippen LogP contribution >= 0.6 is 0 Å². The first-order valence-electron chi connectivity index (χ1n) is 7.29. The predicted octanol–water partition coefficient (Wildman–Crippen LogP) is 0.998. The molecule has 1 fully saturated rings. The Kier molecular flexibility index (Phi) is 5.14. The zero-order valence-electron chi connectivity index (χ0n) is 12.8. The van der Waals surface area contributed by atoms with Gasteiger partial charge < -0.3 is 5.32 Å². The Hall–Kier alpha value is -1.12. The third kappa shape index (κ3) is 3.61. The van der Waals surface area contributed by atoms with Gasteiger partial charge in [-0.2, -0.15) is 0 Å². The molecule has 0 atom stereocenters. The van der Waals surface area contributed by atoms with Crippen molar-refractivity contribution in [1.82, 2.24) is 5.32 Å². The fraction of sp³-hybridized carbons (Fsp3) is 0.571. The predicted molar refractivity (Wildman–Crippen MR) is 87.4 cm³/mol. The largest absolute Gasteiger partial charge is 0.317 e. The number of hydrogen-bond donors (Lipinski definition) is 1. The van der Waals surface area contributed by atoms with Gasteiger partial charge in [0.25, 0.3) is 0 Å². The van der Waals surface area contributed by atoms with E-state index >= 15 is 0 Å². The molecule has 0 aliphatic carbocycles. The van der Waals surface area contributed by atoms with E-state index in [1.54, 1.807) is 19.1 Å². The Morgan fingerprint density at radius 1 is 1.09 bits per heavy atom. The number of anilines is 1. The molecule has 0 bridgehead atoms. The maximum Gasteiger partial charge on any atom is 0.232 e. The molecule has 1 aromatic carbocycles. The number of piperidine rings is 1. The molecular weight excluding hydrogens is 324 g/mol. The van der Waals surface area contributed by atoms with Crippen LogP contribution in [0, 0.1) is 0 Å². The minimum Gasteiger partial charge on any atom is -0.317 e. The molecule has 1 saturated heterocycles. The maximum atomic E-state index is 12.6. The summed E-state index contributed by atoms with van der Waals surface area (Å²) in [4.78, 5) is 0.257. The van der Waals surface area contributed by atoms with Crippen molar-refractivity contribution in [3.05, 3.63) is 24.3 Å². The molecule has 1 heterocycles. The lowest BCUT2D eigenvalue weighted by Gasteiger charge is -2.23. The average Bonchev–Trinajstić information content (AvgIpc) is 2.48. The quantitative estimate of drug-likeness (QED) is 0.860. The SMILES string of the molecule is CCN(c1ccc(S(=O)(=O)C2CCNCC2)cc1)S(C)(=O)=O. The van der Waals surface area contributed by atoms with Gasteiger partial charge in [-0.05, 0) is 57.1 Å². The van der Waals surface area contributed by atoms with Crippen LogP contribution in [-0.2, 0) is 19.9 Å². The highest BCUT2D eigenvalue weighted by molar-refractivity contribution is 7.92. The second kappa shape index (κ2) is 6.55. The summed E-state index contributed by atoms with van der Waals surface area (Å²) < 4.78 is 49.8. The van der Waals surface area contributed by atoms with Crippen molar-refractivity contribution in [1.29, 1.82) is 0 Å². The highest BCUT2D eigenvalue weighted by atomic mass is 32.2. The highest BCUT2D eigenvalue weighted by Gasteiger charge is 2.29. The second-order valence-corrected chi connectivity index (χ2v) is 9.55. The van der Waals surface area contributed by atoms with Crippen LogP contribution in [0.3, 0.4) is 0 Å². The van der Waals surface area contributed by atoms with Gasteiger partial charge in [0.1, 0.15) is 0 Å². The monoisotopic (exact) mass is 346 g/mol. The van der Waals surface area contributed by atoms with E-state index in [1.165, 1.54) is 16.4 Å². The topological polar surface area (TPSA) is 83.6 Å². The molecular formula is C14H22N2O4S2. The molecule has 0 radical (unpaired) electrons. The number of sulfone groups is 1. The van der Waals surface area contributed by atoms with Crippen molar-refractivity contribution in [2.45, 2.75) is 29.9 Å². The molecule has 1 aliphatic heterocycles. The summed E-state index contributed by atoms with van der Waals surface area (Å²) in [5.74, 6) is 0. The number of sulfonamides is 1. The third-order valence-corrected chi connectivity index (χ3v) is 7.41. The van der Waals surface area contributed by atoms with Crippen LogP contribution in [0.15, 0.2) is 29.2 Å². The molecule has 1 N–H and O–H groups in total. The molecule has 22 heavy (non-hydrogen) atoms. The number of nitrogens with one attached hydrogen (secondary N) is 1. The average molecular weight is 346 g/mol. The van der Waals surface area contributed by atoms with E-state index in [0.29, 0.717) is 38.2 Å². The Bertz CT molecular complexity index is 706. The molecule has 0 saturated carbocycles. The Morgan fingerprint density at radius 3 is 2.09 bits per heavy atom. The van der Waals surface area contributed by atoms with Crippen LogP contribution in [0.25, 0.3) is 0 Å². The van der Waals surface area contributed by atoms with Gasteiger partial charge in [-0.1, -0.05) is 0 Å². The van der Waals surface area contributed by atoms with Crippen LogP contribution in [0.4, 0.5) is 5.69 Å². The van der Waals surface area contributed by atoms with Gasteiger partial charge in [-0.25, -0.2) is 16.8 Å². The number of hydrogen-bond acceptors (Lipinski definition) is 5. The molecule has 0 unspecified atom stereocenters. The zero-order valence-corrected chi connectivity index (χ0v) is 14.5. The van der Waals surface area contributed by atoms with E-state index in [1.807, 2.05) is 0 Å². The number of nitrogens with zero attached hydrogens (tertiary/aromatic N) is 1. The van der Waals surface area contributed by atoms with Crippen molar-refractivity contribution in [3.63, 3.8) is 0 Å². The van der Waals surface area contributed by atoms with Gasteiger partial charge in [-0.15, -0.1) is 0 Å². The zero-order chi connectivity index (χ0) is 16.4. The summed E-state index contributed by atoms with van der Waals surface area (Å²) in [7, 11) is -6.72. The molecule has 0 amide bonds. The van der Waals surface area contributed by atoms with Gasteiger partial charge in [0, 0.05) is 6.54 Å². The van der Waals surface area contributed by atoms with E-state index in [9.17, 15) is 16.8 Å². The van der Waals surface area contributed by atoms with Crippen molar-refractivity contribution < 1.29 is 16.8 Å². The fourth-order valence-electron chi connectivity index (χ4n) is 2.71. The summed E-state index contributed by atoms with van der Waals surface area (Å²) in [6.45, 7) is 3.46. The minimum absolute atomic E-state index is 0.257. The summed E-state index contributed by atoms with van der Waals surface area (Å²) in [5, 5.41) is 2.78. The molecule has 8 heteroatoms. The molecule has 0 aromatic heterocycles. The van der Waals surface area contributed by atoms with Gasteiger partial charge in [0.15, 0.2) is 9.84 Å². The summed E-state index contributed by atoms with van der Waals surface area (Å²) >= 11 is 0. The van der Waals surface area contributed by atoms with E-state index in [0.717, 1.165) is 6.26 Å². The van der Waals surface area contributed by atoms with Crippen LogP contribution < -0.4 is 9.62 Å². The van der Waals surface area contributed by atoms with Gasteiger partial charge in [-0.3, -0.25) is 4.31 Å². The smallest absolute Gasteiger partial charge is 0.232 e. The van der Waals surface area contributed by atoms with Crippen LogP contribution in [-0.4, -0.2) is 48.0 Å². The minimum atomic E-state index is -3.36. The van der Waals surface area contributed by atoms with Crippen molar-refractivity contribution in [2.24, 2.45) is 0 Å². The van der Waals surface area contributed by atoms with Crippen molar-refractivity contribution in [3.8, 4) is 0 Å². The molecule has 0 spiro atoms. The maximum absolute atomic E-state index is 12.6. The fourth-order valence-corrected chi connectivity index (χ4v) is 5.44. The molecule has 1 aromatic rings. The van der Waals surface area contributed by atoms with Gasteiger partial charge >= 0.3 is 0 Å². The highest BCUT2D eigenvalue weighted by Crippen LogP contribution is 2.25. The van der Waals surface area contributed by atoms with Crippen LogP contribution in [0.5, 0.6) is 0 Å². The number of rotatable bonds is 5. The van der Waals surface area contributed by atoms with Gasteiger partial charge in [0.05, 0.1) is 22.1 Å². The normalized spacial score (nSPS) is 17.4. The lowest BCUT2D eigenvalue weighted by Crippen LogP contribution is -2.35. The first-order chi connectivity index (χ1) is 10.3. The summed E-state index contributed by atoms with van der Waals surface area (Å²) in [6, 6.07) is 6.11. The first-order valence-corrected chi connectivity index (χ1v) is 10.7. The van der Waals surface area contributed by atoms with E-state index < -0.39 is 19.9 Å². The van der Waals surface area contributed by atoms with E-state index in [-0.39, 0.29) is 10.1 Å². The lowest BCUT2D eigenvalue weighted by molar-refractivity contribution is 0.496. The molecule has 2 rings (SSSR count). The third-order valence-electron chi connectivity index (χ3n) is 3.87. The standard InChI is InChI=1S/C14H22N2O4S2/c1-3-16(21(2,17)18)12-4-6-13(7-5-12)22(19,20)14-8-10-15-11-9-14/h4-7,14-15H,3,8-11H2,1-2H3. The Morgan fingerprint density at radius 2 is 1.64 bits per heavy atom. The molecule has 124 valence electrons. The van der Waals surface area contributed by atoms with Crippen molar-refractivity contribution in [2.75, 3.05) is 30.2 Å². The summed E-state index contributed by atoms with van der Waals surface area (Å²) in [5.41, 5.74) is 0.481. The van der Waals surface area contributed by atoms with Crippen LogP contribution in [0.2, 0.25) is 0 Å². The van der Waals surface area contributed by atoms with Crippen molar-refractivity contribution >= 4 is 25.5 Å². The lowest BCUT2D eigenvalue weighted by atomic mass is 10.2. The van der Waals surface area contributed by atoms with E-state index in [2.05, 4.69) is 5.32 Å². The number of benzene rings is 1. The summed E-state index contributed by atoms with van der Waals surface area (Å²) in [6.07, 6.45) is 2.35. The van der Waals surface area contributed by atoms with Gasteiger partial charge in [0.2, 0.25) is 10.0 Å². The van der Waals surface area contributed by atoms with Crippen LogP contribution in [0.1, 0.15) is 19.8 Å².